The summed E-state index contributed by atoms with van der Waals surface area (Å²) in [7, 11) is -12.5. The van der Waals surface area contributed by atoms with Gasteiger partial charge in [0.15, 0.2) is 15.0 Å². The summed E-state index contributed by atoms with van der Waals surface area (Å²) in [6.07, 6.45) is 11.8. The number of pyridine rings is 1. The number of hydrogen-bond donors (Lipinski definition) is 1. The van der Waals surface area contributed by atoms with Gasteiger partial charge in [0.25, 0.3) is 0 Å². The van der Waals surface area contributed by atoms with Gasteiger partial charge >= 0.3 is 21.1 Å². The zero-order valence-corrected chi connectivity index (χ0v) is 45.7. The molecule has 7 aromatic rings. The fourth-order valence-electron chi connectivity index (χ4n) is 4.54. The van der Waals surface area contributed by atoms with Crippen LogP contribution in [0.5, 0.6) is 0 Å². The first-order valence-corrected chi connectivity index (χ1v) is 30.2. The van der Waals surface area contributed by atoms with Gasteiger partial charge in [-0.3, -0.25) is 13.7 Å². The summed E-state index contributed by atoms with van der Waals surface area (Å²) in [5.41, 5.74) is -8.56. The van der Waals surface area contributed by atoms with Crippen LogP contribution in [0.15, 0.2) is 226 Å². The molecule has 0 aliphatic heterocycles. The van der Waals surface area contributed by atoms with E-state index in [0.29, 0.717) is 10.9 Å². The number of alkyl halides is 6. The fourth-order valence-corrected chi connectivity index (χ4v) is 8.62. The van der Waals surface area contributed by atoms with Crippen molar-refractivity contribution in [1.82, 2.24) is 4.98 Å². The molecule has 1 heterocycles. The van der Waals surface area contributed by atoms with Gasteiger partial charge in [-0.25, -0.2) is 8.42 Å². The molecule has 0 saturated heterocycles. The van der Waals surface area contributed by atoms with Gasteiger partial charge in [-0.05, 0) is 141 Å². The van der Waals surface area contributed by atoms with Crippen LogP contribution in [0.1, 0.15) is 11.1 Å². The van der Waals surface area contributed by atoms with Gasteiger partial charge in [-0.15, -0.1) is 11.8 Å². The summed E-state index contributed by atoms with van der Waals surface area (Å²) < 4.78 is 128. The molecule has 0 saturated carbocycles. The number of halogens is 6. The lowest BCUT2D eigenvalue weighted by Gasteiger charge is -2.08. The summed E-state index contributed by atoms with van der Waals surface area (Å²) in [5.74, 6) is 0. The SMILES string of the molecule is CS(=O)c1ccc(Sc2ccccc2)cc1.CSc1ccc(Sc2ccc(C)cc2)cc1.Cc1ccc(Sc2ccc([S+](C)C)cc2)cc1.O.O=S(=O)(O)C(F)(F)F.O=S(=O)([O-])C(F)(F)F.c1ccncc1. The average Bonchev–Trinajstić information content (AvgIpc) is 3.32. The number of hydrogen-bond acceptors (Lipinski definition) is 11. The summed E-state index contributed by atoms with van der Waals surface area (Å²) in [6, 6.07) is 58.7. The van der Waals surface area contributed by atoms with Crippen LogP contribution < -0.4 is 0 Å². The number of rotatable bonds is 9. The summed E-state index contributed by atoms with van der Waals surface area (Å²) in [5, 5.41) is 0. The summed E-state index contributed by atoms with van der Waals surface area (Å²) in [4.78, 5) is 15.0. The van der Waals surface area contributed by atoms with E-state index in [1.54, 1.807) is 53.9 Å². The molecule has 1 atom stereocenters. The fraction of sp³-hybridized carbons (Fsp3) is 0.163. The van der Waals surface area contributed by atoms with E-state index in [-0.39, 0.29) is 5.48 Å². The van der Waals surface area contributed by atoms with Gasteiger partial charge in [0, 0.05) is 79.5 Å². The van der Waals surface area contributed by atoms with Crippen LogP contribution in [0.2, 0.25) is 0 Å². The molecule has 0 amide bonds. The second-order valence-electron chi connectivity index (χ2n) is 14.0. The van der Waals surface area contributed by atoms with Gasteiger partial charge < -0.3 is 10.0 Å². The van der Waals surface area contributed by atoms with Gasteiger partial charge in [0.2, 0.25) is 0 Å². The highest BCUT2D eigenvalue weighted by atomic mass is 32.2. The van der Waals surface area contributed by atoms with Gasteiger partial charge in [0.05, 0.1) is 0 Å². The van der Waals surface area contributed by atoms with E-state index in [1.165, 1.54) is 50.3 Å². The van der Waals surface area contributed by atoms with E-state index < -0.39 is 42.1 Å². The minimum absolute atomic E-state index is 0. The molecule has 9 nitrogen and oxygen atoms in total. The summed E-state index contributed by atoms with van der Waals surface area (Å²) in [6.45, 7) is 4.23. The molecule has 7 rings (SSSR count). The van der Waals surface area contributed by atoms with E-state index in [2.05, 4.69) is 147 Å². The zero-order chi connectivity index (χ0) is 53.3. The van der Waals surface area contributed by atoms with Gasteiger partial charge in [-0.2, -0.15) is 34.8 Å². The lowest BCUT2D eigenvalue weighted by molar-refractivity contribution is -0.0519. The van der Waals surface area contributed by atoms with Crippen molar-refractivity contribution in [2.75, 3.05) is 25.0 Å². The third-order valence-electron chi connectivity index (χ3n) is 8.14. The number of aromatic nitrogens is 1. The van der Waals surface area contributed by atoms with E-state index in [4.69, 9.17) is 25.9 Å². The number of nitrogens with zero attached hydrogens (tertiary/aromatic N) is 1. The predicted octanol–water partition coefficient (Wildman–Crippen LogP) is 13.5. The molecule has 23 heteroatoms. The van der Waals surface area contributed by atoms with Crippen molar-refractivity contribution in [2.24, 2.45) is 0 Å². The molecule has 72 heavy (non-hydrogen) atoms. The smallest absolute Gasteiger partial charge is 0.522 e. The molecule has 0 radical (unpaired) electrons. The summed E-state index contributed by atoms with van der Waals surface area (Å²) >= 11 is 7.11. The van der Waals surface area contributed by atoms with Crippen molar-refractivity contribution in [3.63, 3.8) is 0 Å². The van der Waals surface area contributed by atoms with E-state index in [1.807, 2.05) is 72.4 Å². The lowest BCUT2D eigenvalue weighted by Crippen LogP contribution is -2.21. The second kappa shape index (κ2) is 32.8. The quantitative estimate of drug-likeness (QED) is 0.0477. The van der Waals surface area contributed by atoms with Gasteiger partial charge in [0.1, 0.15) is 12.5 Å². The van der Waals surface area contributed by atoms with Crippen molar-refractivity contribution in [3.05, 3.63) is 193 Å². The molecule has 1 aromatic heterocycles. The standard InChI is InChI=1S/C15H17S2.C14H14S2.C13H12OS2.C5H5N.2CHF3O3S.H2O/c1-12-4-6-13(7-5-12)16-14-8-10-15(11-9-14)17(2)3;1-11-3-5-13(6-4-11)16-14-9-7-12(15-2)8-10-14;1-16(14)13-9-7-12(8-10-13)15-11-5-3-2-4-6-11;1-2-4-6-5-3-1;2*2-1(3,4)8(5,6)7;/h4-11H,1-3H3;3-10H,1-2H3;2-10H,1H3;1-5H;2*(H,5,6,7);1H2/q+1;;;;;;/p-1. The number of aryl methyl sites for hydroxylation is 2. The Morgan fingerprint density at radius 3 is 1.08 bits per heavy atom. The minimum Gasteiger partial charge on any atom is -0.741 e. The minimum atomic E-state index is -6.09. The van der Waals surface area contributed by atoms with Crippen molar-refractivity contribution < 1.29 is 62.0 Å². The third-order valence-corrected chi connectivity index (χ3v) is 15.2. The zero-order valence-electron chi connectivity index (χ0n) is 39.2. The lowest BCUT2D eigenvalue weighted by atomic mass is 10.2. The first kappa shape index (κ1) is 65.7. The maximum Gasteiger partial charge on any atom is 0.522 e. The van der Waals surface area contributed by atoms with Crippen LogP contribution in [0, 0.1) is 13.8 Å². The van der Waals surface area contributed by atoms with Crippen LogP contribution in [-0.2, 0) is 41.9 Å². The van der Waals surface area contributed by atoms with Crippen molar-refractivity contribution in [1.29, 1.82) is 0 Å². The Morgan fingerprint density at radius 1 is 0.528 bits per heavy atom. The van der Waals surface area contributed by atoms with Crippen molar-refractivity contribution in [3.8, 4) is 0 Å². The van der Waals surface area contributed by atoms with Crippen molar-refractivity contribution >= 4 is 89.0 Å². The molecule has 6 aromatic carbocycles. The molecule has 0 spiro atoms. The monoisotopic (exact) mass is 1150 g/mol. The number of thioether (sulfide) groups is 1. The molecule has 390 valence electrons. The molecule has 0 aliphatic carbocycles. The molecule has 0 aliphatic rings. The molecule has 0 fully saturated rings. The van der Waals surface area contributed by atoms with Crippen LogP contribution in [-0.4, -0.2) is 76.6 Å². The van der Waals surface area contributed by atoms with Crippen LogP contribution in [0.4, 0.5) is 26.3 Å². The average molecular weight is 1150 g/mol. The Kier molecular flexibility index (Phi) is 30.0. The molecule has 0 bridgehead atoms. The second-order valence-corrected chi connectivity index (χ2v) is 24.6. The topological polar surface area (TPSA) is 173 Å². The first-order chi connectivity index (χ1) is 33.2. The van der Waals surface area contributed by atoms with E-state index in [9.17, 15) is 30.6 Å². The Labute approximate surface area is 440 Å². The Bertz CT molecular complexity index is 2760. The molecule has 1 unspecified atom stereocenters. The molecule has 3 N–H and O–H groups in total. The van der Waals surface area contributed by atoms with E-state index >= 15 is 0 Å². The Morgan fingerprint density at radius 2 is 0.819 bits per heavy atom. The van der Waals surface area contributed by atoms with Gasteiger partial charge in [-0.1, -0.05) is 94.9 Å². The normalized spacial score (nSPS) is 11.4. The maximum atomic E-state index is 11.2. The highest BCUT2D eigenvalue weighted by molar-refractivity contribution is 8.00. The Balaban J connectivity index is 0.000000448. The Hall–Kier alpha value is -4.27. The number of benzene rings is 6. The van der Waals surface area contributed by atoms with Crippen LogP contribution >= 0.6 is 47.0 Å². The third kappa shape index (κ3) is 27.7. The van der Waals surface area contributed by atoms with Crippen LogP contribution in [0.3, 0.4) is 0 Å². The highest BCUT2D eigenvalue weighted by Gasteiger charge is 2.44. The van der Waals surface area contributed by atoms with Crippen LogP contribution in [0.25, 0.3) is 0 Å². The van der Waals surface area contributed by atoms with E-state index in [0.717, 1.165) is 4.90 Å². The first-order valence-electron chi connectivity index (χ1n) is 20.1. The van der Waals surface area contributed by atoms with Crippen molar-refractivity contribution in [2.45, 2.75) is 68.9 Å². The highest BCUT2D eigenvalue weighted by Crippen LogP contribution is 2.31. The predicted molar refractivity (Wildman–Crippen MR) is 283 cm³/mol. The largest absolute Gasteiger partial charge is 0.741 e. The molecular formula is C49H51F6NO8S8. The maximum absolute atomic E-state index is 11.2. The molecular weight excluding hydrogens is 1100 g/mol.